The van der Waals surface area contributed by atoms with Crippen LogP contribution in [0.25, 0.3) is 22.3 Å². The number of aromatic nitrogens is 8. The molecular weight excluding hydrogens is 596 g/mol. The molecule has 22 nitrogen and oxygen atoms in total. The number of carboxylic acid groups (broad SMARTS) is 1. The number of carboxylic acids is 1. The second-order valence-electron chi connectivity index (χ2n) is 9.53. The Kier molecular flexibility index (Phi) is 9.55. The number of imidazole rings is 2. The molecule has 0 unspecified atom stereocenters. The predicted molar refractivity (Wildman–Crippen MR) is 144 cm³/mol. The third kappa shape index (κ3) is 6.22. The highest BCUT2D eigenvalue weighted by Gasteiger charge is 2.45. The van der Waals surface area contributed by atoms with Crippen molar-refractivity contribution in [1.29, 1.82) is 0 Å². The Balaban J connectivity index is 0.000000179. The summed E-state index contributed by atoms with van der Waals surface area (Å²) in [6, 6.07) is 0. The molecular formula is C22H30N10O12. The second-order valence-corrected chi connectivity index (χ2v) is 9.53. The summed E-state index contributed by atoms with van der Waals surface area (Å²) >= 11 is 0. The van der Waals surface area contributed by atoms with Crippen LogP contribution in [0.2, 0.25) is 0 Å². The van der Waals surface area contributed by atoms with E-state index in [0.29, 0.717) is 0 Å². The maximum absolute atomic E-state index is 11.7. The molecule has 6 heterocycles. The van der Waals surface area contributed by atoms with E-state index in [1.807, 2.05) is 0 Å². The molecule has 0 spiro atoms. The molecule has 4 aromatic heterocycles. The van der Waals surface area contributed by atoms with Crippen LogP contribution in [-0.2, 0) is 14.3 Å². The van der Waals surface area contributed by atoms with Crippen molar-refractivity contribution in [3.05, 3.63) is 33.4 Å². The molecule has 0 amide bonds. The molecule has 8 atom stereocenters. The van der Waals surface area contributed by atoms with Gasteiger partial charge in [-0.05, 0) is 0 Å². The van der Waals surface area contributed by atoms with Gasteiger partial charge >= 0.3 is 0 Å². The zero-order chi connectivity index (χ0) is 32.5. The Morgan fingerprint density at radius 2 is 1.14 bits per heavy atom. The minimum Gasteiger partial charge on any atom is -0.481 e. The number of hydrogen-bond acceptors (Lipinski definition) is 17. The molecule has 22 heteroatoms. The number of H-pyrrole nitrogens is 2. The Bertz CT molecular complexity index is 1610. The van der Waals surface area contributed by atoms with Crippen molar-refractivity contribution in [2.45, 2.75) is 56.0 Å². The first-order valence-corrected chi connectivity index (χ1v) is 12.7. The summed E-state index contributed by atoms with van der Waals surface area (Å²) in [7, 11) is 0. The number of anilines is 2. The fourth-order valence-electron chi connectivity index (χ4n) is 4.48. The number of aromatic amines is 2. The highest BCUT2D eigenvalue weighted by molar-refractivity contribution is 5.71. The van der Waals surface area contributed by atoms with Crippen molar-refractivity contribution in [2.75, 3.05) is 24.7 Å². The molecule has 2 aliphatic rings. The number of aliphatic carboxylic acids is 1. The largest absolute Gasteiger partial charge is 0.481 e. The maximum Gasteiger partial charge on any atom is 0.300 e. The van der Waals surface area contributed by atoms with E-state index in [4.69, 9.17) is 41.1 Å². The van der Waals surface area contributed by atoms with Crippen LogP contribution in [0, 0.1) is 0 Å². The summed E-state index contributed by atoms with van der Waals surface area (Å²) in [5, 5.41) is 64.9. The van der Waals surface area contributed by atoms with E-state index in [0.717, 1.165) is 6.92 Å². The molecule has 0 aliphatic carbocycles. The number of aliphatic hydroxyl groups excluding tert-OH is 6. The number of aliphatic hydroxyl groups is 6. The number of carbonyl (C=O) groups is 1. The van der Waals surface area contributed by atoms with Crippen molar-refractivity contribution in [3.63, 3.8) is 0 Å². The van der Waals surface area contributed by atoms with Gasteiger partial charge in [0.1, 0.15) is 36.6 Å². The molecule has 2 fully saturated rings. The van der Waals surface area contributed by atoms with E-state index >= 15 is 0 Å². The molecule has 0 aromatic carbocycles. The van der Waals surface area contributed by atoms with Crippen LogP contribution in [0.5, 0.6) is 0 Å². The zero-order valence-corrected chi connectivity index (χ0v) is 22.7. The van der Waals surface area contributed by atoms with E-state index in [1.54, 1.807) is 0 Å². The second kappa shape index (κ2) is 13.0. The molecule has 2 aliphatic heterocycles. The summed E-state index contributed by atoms with van der Waals surface area (Å²) in [6.07, 6.45) is -6.43. The summed E-state index contributed by atoms with van der Waals surface area (Å²) in [6.45, 7) is 0.189. The highest BCUT2D eigenvalue weighted by atomic mass is 16.6. The molecule has 4 aromatic rings. The summed E-state index contributed by atoms with van der Waals surface area (Å²) in [4.78, 5) is 52.5. The lowest BCUT2D eigenvalue weighted by Crippen LogP contribution is -2.33. The Hall–Kier alpha value is -4.55. The Morgan fingerprint density at radius 1 is 0.795 bits per heavy atom. The molecule has 13 N–H and O–H groups in total. The number of fused-ring (bicyclic) bond motifs is 2. The van der Waals surface area contributed by atoms with Crippen LogP contribution in [0.15, 0.2) is 22.2 Å². The number of hydrogen-bond donors (Lipinski definition) is 11. The normalized spacial score (nSPS) is 28.0. The van der Waals surface area contributed by atoms with Gasteiger partial charge in [-0.15, -0.1) is 0 Å². The molecule has 0 saturated carbocycles. The van der Waals surface area contributed by atoms with Crippen molar-refractivity contribution in [1.82, 2.24) is 39.0 Å². The lowest BCUT2D eigenvalue weighted by Gasteiger charge is -2.16. The number of nitrogens with zero attached hydrogens (tertiary/aromatic N) is 6. The van der Waals surface area contributed by atoms with Crippen LogP contribution in [0.4, 0.5) is 11.9 Å². The summed E-state index contributed by atoms with van der Waals surface area (Å²) in [5.41, 5.74) is 10.2. The number of nitrogen functional groups attached to an aromatic ring is 2. The van der Waals surface area contributed by atoms with Crippen LogP contribution in [-0.4, -0.2) is 131 Å². The summed E-state index contributed by atoms with van der Waals surface area (Å²) in [5.74, 6) is -1.04. The van der Waals surface area contributed by atoms with Gasteiger partial charge < -0.3 is 56.7 Å². The lowest BCUT2D eigenvalue weighted by atomic mass is 10.1. The lowest BCUT2D eigenvalue weighted by molar-refractivity contribution is -0.134. The summed E-state index contributed by atoms with van der Waals surface area (Å²) < 4.78 is 13.3. The minimum atomic E-state index is -1.29. The van der Waals surface area contributed by atoms with E-state index in [1.165, 1.54) is 21.8 Å². The van der Waals surface area contributed by atoms with E-state index in [9.17, 15) is 30.0 Å². The molecule has 6 rings (SSSR count). The standard InChI is InChI=1S/2C10H13N5O5.C2H4O2/c2*11-10-13-7-4(8(19)14-10)12-2-15(7)9-6(18)5(17)3(1-16)20-9;1-2(3)4/h2*2-3,5-6,9,16-18H,1H2,(H3,11,13,14,19);1H3,(H,3,4)/t2*3-,5-,6-,9-;/m11./s1. The third-order valence-electron chi connectivity index (χ3n) is 6.48. The predicted octanol–water partition coefficient (Wildman–Crippen LogP) is -5.28. The van der Waals surface area contributed by atoms with Crippen molar-refractivity contribution in [2.24, 2.45) is 0 Å². The van der Waals surface area contributed by atoms with Crippen molar-refractivity contribution in [3.8, 4) is 0 Å². The van der Waals surface area contributed by atoms with Gasteiger partial charge in [-0.1, -0.05) is 0 Å². The van der Waals surface area contributed by atoms with Crippen LogP contribution in [0.3, 0.4) is 0 Å². The van der Waals surface area contributed by atoms with Gasteiger partial charge in [0.25, 0.3) is 17.1 Å². The zero-order valence-electron chi connectivity index (χ0n) is 22.7. The third-order valence-corrected chi connectivity index (χ3v) is 6.48. The van der Waals surface area contributed by atoms with Crippen molar-refractivity contribution < 1.29 is 50.0 Å². The van der Waals surface area contributed by atoms with Gasteiger partial charge in [-0.3, -0.25) is 33.5 Å². The average molecular weight is 627 g/mol. The molecule has 44 heavy (non-hydrogen) atoms. The number of rotatable bonds is 4. The van der Waals surface area contributed by atoms with E-state index < -0.39 is 79.4 Å². The minimum absolute atomic E-state index is 0.0388. The van der Waals surface area contributed by atoms with Crippen molar-refractivity contribution >= 4 is 40.2 Å². The van der Waals surface area contributed by atoms with Gasteiger partial charge in [0.05, 0.1) is 25.9 Å². The van der Waals surface area contributed by atoms with Gasteiger partial charge in [0, 0.05) is 6.92 Å². The number of nitrogens with one attached hydrogen (secondary N) is 2. The Morgan fingerprint density at radius 3 is 1.43 bits per heavy atom. The fourth-order valence-corrected chi connectivity index (χ4v) is 4.48. The van der Waals surface area contributed by atoms with E-state index in [-0.39, 0.29) is 34.2 Å². The van der Waals surface area contributed by atoms with Crippen LogP contribution in [0.1, 0.15) is 19.4 Å². The average Bonchev–Trinajstić information content (AvgIpc) is 3.70. The van der Waals surface area contributed by atoms with Gasteiger partial charge in [-0.25, -0.2) is 9.97 Å². The highest BCUT2D eigenvalue weighted by Crippen LogP contribution is 2.32. The van der Waals surface area contributed by atoms with Gasteiger partial charge in [0.2, 0.25) is 11.9 Å². The van der Waals surface area contributed by atoms with Gasteiger partial charge in [-0.2, -0.15) is 9.97 Å². The van der Waals surface area contributed by atoms with Gasteiger partial charge in [0.15, 0.2) is 34.8 Å². The number of nitrogens with two attached hydrogens (primary N) is 2. The smallest absolute Gasteiger partial charge is 0.300 e. The van der Waals surface area contributed by atoms with Crippen LogP contribution < -0.4 is 22.6 Å². The van der Waals surface area contributed by atoms with E-state index in [2.05, 4.69) is 29.9 Å². The monoisotopic (exact) mass is 626 g/mol. The maximum atomic E-state index is 11.7. The fraction of sp³-hybridized carbons (Fsp3) is 0.500. The first-order valence-electron chi connectivity index (χ1n) is 12.7. The SMILES string of the molecule is CC(=O)O.Nc1nc2c(ncn2[C@@H]2O[C@H](CO)[C@@H](O)[C@H]2O)c(=O)[nH]1.Nc1nc2c(ncn2[C@@H]2O[C@H](CO)[C@@H](O)[C@H]2O)c(=O)[nH]1. The molecule has 0 radical (unpaired) electrons. The van der Waals surface area contributed by atoms with Crippen LogP contribution >= 0.6 is 0 Å². The first kappa shape index (κ1) is 32.4. The molecule has 240 valence electrons. The quantitative estimate of drug-likeness (QED) is 0.101. The Labute approximate surface area is 243 Å². The first-order chi connectivity index (χ1) is 20.8. The molecule has 0 bridgehead atoms. The molecule has 2 saturated heterocycles. The topological polar surface area (TPSA) is 356 Å². The number of ether oxygens (including phenoxy) is 2.